The van der Waals surface area contributed by atoms with E-state index >= 15 is 0 Å². The normalized spacial score (nSPS) is 19.5. The van der Waals surface area contributed by atoms with E-state index in [4.69, 9.17) is 4.42 Å². The molecule has 0 radical (unpaired) electrons. The Morgan fingerprint density at radius 1 is 1.19 bits per heavy atom. The number of rotatable bonds is 3. The van der Waals surface area contributed by atoms with Crippen molar-refractivity contribution in [3.05, 3.63) is 66.0 Å². The molecule has 1 atom stereocenters. The Morgan fingerprint density at radius 2 is 2.03 bits per heavy atom. The van der Waals surface area contributed by atoms with Gasteiger partial charge in [0.15, 0.2) is 11.6 Å². The maximum absolute atomic E-state index is 13.1. The minimum Gasteiger partial charge on any atom is -0.456 e. The first kappa shape index (κ1) is 19.4. The summed E-state index contributed by atoms with van der Waals surface area (Å²) >= 11 is 0. The van der Waals surface area contributed by atoms with Crippen LogP contribution in [0.15, 0.2) is 53.2 Å². The molecule has 0 saturated carbocycles. The van der Waals surface area contributed by atoms with E-state index in [0.29, 0.717) is 31.0 Å². The third-order valence-corrected chi connectivity index (χ3v) is 6.31. The molecule has 5 heterocycles. The molecule has 2 amide bonds. The fraction of sp³-hybridized carbons (Fsp3) is 0.348. The molecule has 1 saturated heterocycles. The predicted molar refractivity (Wildman–Crippen MR) is 115 cm³/mol. The van der Waals surface area contributed by atoms with Crippen molar-refractivity contribution in [2.75, 3.05) is 38.6 Å². The van der Waals surface area contributed by atoms with Crippen LogP contribution >= 0.6 is 0 Å². The fourth-order valence-corrected chi connectivity index (χ4v) is 4.71. The first-order valence-electron chi connectivity index (χ1n) is 10.4. The first-order valence-corrected chi connectivity index (χ1v) is 10.4. The number of carbonyl (C=O) groups excluding carboxylic acids is 2. The summed E-state index contributed by atoms with van der Waals surface area (Å²) < 4.78 is 7.67. The summed E-state index contributed by atoms with van der Waals surface area (Å²) in [7, 11) is 3.52. The van der Waals surface area contributed by atoms with Crippen molar-refractivity contribution in [3.8, 4) is 5.82 Å². The SMILES string of the molecule is Cc1ccc(C(=O)N2CC[C@@]3(C2)c2cccn2-c2ncccc2N3CC(=O)N(C)C)o1. The van der Waals surface area contributed by atoms with Crippen LogP contribution in [0.25, 0.3) is 5.82 Å². The monoisotopic (exact) mass is 419 g/mol. The lowest BCUT2D eigenvalue weighted by Crippen LogP contribution is -2.55. The van der Waals surface area contributed by atoms with Crippen molar-refractivity contribution in [2.24, 2.45) is 0 Å². The number of aryl methyl sites for hydroxylation is 1. The van der Waals surface area contributed by atoms with Gasteiger partial charge in [0.2, 0.25) is 5.91 Å². The molecule has 0 bridgehead atoms. The molecule has 1 spiro atoms. The van der Waals surface area contributed by atoms with Gasteiger partial charge in [0, 0.05) is 33.0 Å². The van der Waals surface area contributed by atoms with Gasteiger partial charge >= 0.3 is 0 Å². The lowest BCUT2D eigenvalue weighted by molar-refractivity contribution is -0.127. The lowest BCUT2D eigenvalue weighted by Gasteiger charge is -2.46. The van der Waals surface area contributed by atoms with E-state index < -0.39 is 5.54 Å². The van der Waals surface area contributed by atoms with Crippen LogP contribution in [0.1, 0.15) is 28.4 Å². The first-order chi connectivity index (χ1) is 14.9. The number of fused-ring (bicyclic) bond motifs is 4. The summed E-state index contributed by atoms with van der Waals surface area (Å²) in [5.41, 5.74) is 1.41. The Labute approximate surface area is 180 Å². The number of aromatic nitrogens is 2. The molecule has 5 rings (SSSR count). The second-order valence-corrected chi connectivity index (χ2v) is 8.40. The number of furan rings is 1. The molecule has 1 fully saturated rings. The Bertz CT molecular complexity index is 1160. The smallest absolute Gasteiger partial charge is 0.289 e. The summed E-state index contributed by atoms with van der Waals surface area (Å²) in [6.07, 6.45) is 4.46. The molecule has 3 aromatic heterocycles. The van der Waals surface area contributed by atoms with Gasteiger partial charge < -0.3 is 23.7 Å². The molecule has 31 heavy (non-hydrogen) atoms. The number of amides is 2. The number of hydrogen-bond acceptors (Lipinski definition) is 5. The predicted octanol–water partition coefficient (Wildman–Crippen LogP) is 2.42. The van der Waals surface area contributed by atoms with Crippen molar-refractivity contribution < 1.29 is 14.0 Å². The zero-order valence-corrected chi connectivity index (χ0v) is 17.9. The van der Waals surface area contributed by atoms with E-state index in [1.54, 1.807) is 37.3 Å². The summed E-state index contributed by atoms with van der Waals surface area (Å²) in [6.45, 7) is 3.07. The maximum atomic E-state index is 13.1. The van der Waals surface area contributed by atoms with Gasteiger partial charge in [-0.1, -0.05) is 0 Å². The quantitative estimate of drug-likeness (QED) is 0.652. The molecule has 160 valence electrons. The van der Waals surface area contributed by atoms with Crippen molar-refractivity contribution >= 4 is 17.5 Å². The molecule has 0 N–H and O–H groups in total. The molecule has 2 aliphatic heterocycles. The topological polar surface area (TPSA) is 74.8 Å². The maximum Gasteiger partial charge on any atom is 0.289 e. The highest BCUT2D eigenvalue weighted by atomic mass is 16.3. The molecule has 8 nitrogen and oxygen atoms in total. The van der Waals surface area contributed by atoms with Crippen LogP contribution in [-0.4, -0.2) is 64.9 Å². The van der Waals surface area contributed by atoms with Gasteiger partial charge in [-0.15, -0.1) is 0 Å². The molecule has 0 aromatic carbocycles. The number of carbonyl (C=O) groups is 2. The van der Waals surface area contributed by atoms with Crippen LogP contribution < -0.4 is 4.90 Å². The van der Waals surface area contributed by atoms with Crippen LogP contribution in [-0.2, 0) is 10.3 Å². The van der Waals surface area contributed by atoms with Crippen molar-refractivity contribution in [1.82, 2.24) is 19.4 Å². The van der Waals surface area contributed by atoms with Gasteiger partial charge in [0.1, 0.15) is 11.3 Å². The highest BCUT2D eigenvalue weighted by Crippen LogP contribution is 2.47. The molecule has 2 aliphatic rings. The molecule has 3 aromatic rings. The Hall–Kier alpha value is -3.55. The number of likely N-dealkylation sites (tertiary alicyclic amines) is 1. The van der Waals surface area contributed by atoms with Gasteiger partial charge in [0.05, 0.1) is 24.5 Å². The summed E-state index contributed by atoms with van der Waals surface area (Å²) in [6, 6.07) is 11.5. The minimum atomic E-state index is -0.525. The van der Waals surface area contributed by atoms with Crippen LogP contribution in [0.2, 0.25) is 0 Å². The van der Waals surface area contributed by atoms with E-state index in [2.05, 4.69) is 20.5 Å². The highest BCUT2D eigenvalue weighted by molar-refractivity contribution is 5.92. The second-order valence-electron chi connectivity index (χ2n) is 8.40. The minimum absolute atomic E-state index is 0.000574. The van der Waals surface area contributed by atoms with Crippen molar-refractivity contribution in [1.29, 1.82) is 0 Å². The molecule has 0 aliphatic carbocycles. The molecular formula is C23H25N5O3. The van der Waals surface area contributed by atoms with E-state index in [9.17, 15) is 9.59 Å². The van der Waals surface area contributed by atoms with E-state index in [1.165, 1.54) is 0 Å². The third kappa shape index (κ3) is 2.93. The summed E-state index contributed by atoms with van der Waals surface area (Å²) in [5.74, 6) is 1.73. The largest absolute Gasteiger partial charge is 0.456 e. The summed E-state index contributed by atoms with van der Waals surface area (Å²) in [5, 5.41) is 0. The number of anilines is 1. The van der Waals surface area contributed by atoms with E-state index in [1.807, 2.05) is 36.2 Å². The lowest BCUT2D eigenvalue weighted by atomic mass is 9.88. The highest BCUT2D eigenvalue weighted by Gasteiger charge is 2.51. The van der Waals surface area contributed by atoms with Crippen molar-refractivity contribution in [3.63, 3.8) is 0 Å². The van der Waals surface area contributed by atoms with Gasteiger partial charge in [-0.05, 0) is 49.7 Å². The number of pyridine rings is 1. The number of nitrogens with zero attached hydrogens (tertiary/aromatic N) is 5. The second kappa shape index (κ2) is 7.01. The summed E-state index contributed by atoms with van der Waals surface area (Å²) in [4.78, 5) is 36.1. The standard InChI is InChI=1S/C23H25N5O3/c1-16-8-9-18(31-16)22(30)26-13-10-23(15-26)19-7-5-12-27(19)21-17(6-4-11-24-21)28(23)14-20(29)25(2)3/h4-9,11-12H,10,13-15H2,1-3H3/t23-/m1/s1. The third-order valence-electron chi connectivity index (χ3n) is 6.31. The zero-order chi connectivity index (χ0) is 21.8. The van der Waals surface area contributed by atoms with Crippen LogP contribution in [0.5, 0.6) is 0 Å². The van der Waals surface area contributed by atoms with Crippen LogP contribution in [0, 0.1) is 6.92 Å². The molecule has 8 heteroatoms. The van der Waals surface area contributed by atoms with E-state index in [-0.39, 0.29) is 18.4 Å². The number of likely N-dealkylation sites (N-methyl/N-ethyl adjacent to an activating group) is 1. The zero-order valence-electron chi connectivity index (χ0n) is 17.9. The molecular weight excluding hydrogens is 394 g/mol. The van der Waals surface area contributed by atoms with Gasteiger partial charge in [-0.25, -0.2) is 4.98 Å². The average molecular weight is 419 g/mol. The van der Waals surface area contributed by atoms with Gasteiger partial charge in [-0.2, -0.15) is 0 Å². The van der Waals surface area contributed by atoms with Crippen LogP contribution in [0.4, 0.5) is 5.69 Å². The fourth-order valence-electron chi connectivity index (χ4n) is 4.71. The van der Waals surface area contributed by atoms with Gasteiger partial charge in [-0.3, -0.25) is 9.59 Å². The van der Waals surface area contributed by atoms with Gasteiger partial charge in [0.25, 0.3) is 5.91 Å². The molecule has 0 unspecified atom stereocenters. The Balaban J connectivity index is 1.59. The Kier molecular flexibility index (Phi) is 4.39. The average Bonchev–Trinajstić information content (AvgIpc) is 3.50. The van der Waals surface area contributed by atoms with Crippen LogP contribution in [0.3, 0.4) is 0 Å². The number of hydrogen-bond donors (Lipinski definition) is 0. The van der Waals surface area contributed by atoms with E-state index in [0.717, 1.165) is 17.2 Å². The van der Waals surface area contributed by atoms with Crippen molar-refractivity contribution in [2.45, 2.75) is 18.9 Å². The Morgan fingerprint density at radius 3 is 2.77 bits per heavy atom.